The third kappa shape index (κ3) is 3.93. The Labute approximate surface area is 113 Å². The van der Waals surface area contributed by atoms with Gasteiger partial charge in [0.05, 0.1) is 12.0 Å². The summed E-state index contributed by atoms with van der Waals surface area (Å²) >= 11 is 0. The first-order chi connectivity index (χ1) is 9.11. The molecule has 0 atom stereocenters. The molecule has 5 heteroatoms. The number of rotatable bonds is 4. The Morgan fingerprint density at radius 1 is 1.16 bits per heavy atom. The summed E-state index contributed by atoms with van der Waals surface area (Å²) < 4.78 is 5.29. The van der Waals surface area contributed by atoms with Gasteiger partial charge in [0, 0.05) is 19.1 Å². The van der Waals surface area contributed by atoms with Crippen molar-refractivity contribution < 1.29 is 19.4 Å². The highest BCUT2D eigenvalue weighted by Gasteiger charge is 2.37. The van der Waals surface area contributed by atoms with Gasteiger partial charge < -0.3 is 15.2 Å². The van der Waals surface area contributed by atoms with Gasteiger partial charge in [-0.15, -0.1) is 0 Å². The fourth-order valence-corrected chi connectivity index (χ4v) is 3.13. The lowest BCUT2D eigenvalue weighted by molar-refractivity contribution is -0.141. The Morgan fingerprint density at radius 3 is 2.37 bits per heavy atom. The molecule has 1 aliphatic carbocycles. The van der Waals surface area contributed by atoms with Crippen molar-refractivity contribution in [2.24, 2.45) is 5.92 Å². The van der Waals surface area contributed by atoms with Gasteiger partial charge in [0.1, 0.15) is 0 Å². The van der Waals surface area contributed by atoms with E-state index in [0.717, 1.165) is 25.7 Å². The molecule has 108 valence electrons. The zero-order chi connectivity index (χ0) is 13.7. The van der Waals surface area contributed by atoms with E-state index < -0.39 is 11.5 Å². The van der Waals surface area contributed by atoms with Crippen LogP contribution >= 0.6 is 0 Å². The minimum atomic E-state index is -0.856. The predicted molar refractivity (Wildman–Crippen MR) is 69.8 cm³/mol. The van der Waals surface area contributed by atoms with Crippen LogP contribution in [-0.2, 0) is 14.3 Å². The molecule has 0 unspecified atom stereocenters. The topological polar surface area (TPSA) is 75.6 Å². The quantitative estimate of drug-likeness (QED) is 0.814. The van der Waals surface area contributed by atoms with E-state index in [0.29, 0.717) is 26.1 Å². The Hall–Kier alpha value is -1.10. The number of carboxylic acid groups (broad SMARTS) is 1. The van der Waals surface area contributed by atoms with E-state index in [9.17, 15) is 9.59 Å². The lowest BCUT2D eigenvalue weighted by atomic mass is 9.83. The van der Waals surface area contributed by atoms with Gasteiger partial charge in [-0.25, -0.2) is 0 Å². The first-order valence-corrected chi connectivity index (χ1v) is 7.23. The van der Waals surface area contributed by atoms with Crippen LogP contribution in [0.1, 0.15) is 51.4 Å². The highest BCUT2D eigenvalue weighted by atomic mass is 16.5. The van der Waals surface area contributed by atoms with Crippen molar-refractivity contribution in [2.45, 2.75) is 56.9 Å². The summed E-state index contributed by atoms with van der Waals surface area (Å²) in [5, 5.41) is 12.1. The lowest BCUT2D eigenvalue weighted by Gasteiger charge is -2.38. The number of amides is 1. The van der Waals surface area contributed by atoms with Crippen molar-refractivity contribution in [3.05, 3.63) is 0 Å². The Balaban J connectivity index is 1.98. The van der Waals surface area contributed by atoms with Gasteiger partial charge in [-0.2, -0.15) is 0 Å². The molecule has 1 amide bonds. The minimum absolute atomic E-state index is 0.00514. The molecule has 0 aromatic rings. The molecule has 19 heavy (non-hydrogen) atoms. The van der Waals surface area contributed by atoms with Gasteiger partial charge in [0.25, 0.3) is 0 Å². The molecule has 1 saturated carbocycles. The zero-order valence-corrected chi connectivity index (χ0v) is 11.3. The molecular formula is C14H23NO4. The maximum atomic E-state index is 12.3. The molecule has 1 saturated heterocycles. The smallest absolute Gasteiger partial charge is 0.305 e. The number of nitrogens with one attached hydrogen (secondary N) is 1. The van der Waals surface area contributed by atoms with Crippen LogP contribution in [0.4, 0.5) is 0 Å². The highest BCUT2D eigenvalue weighted by molar-refractivity contribution is 5.80. The average Bonchev–Trinajstić information content (AvgIpc) is 2.39. The number of carbonyl (C=O) groups excluding carboxylic acids is 1. The van der Waals surface area contributed by atoms with E-state index in [1.807, 2.05) is 0 Å². The summed E-state index contributed by atoms with van der Waals surface area (Å²) in [6.07, 6.45) is 6.47. The van der Waals surface area contributed by atoms with Crippen LogP contribution in [0.25, 0.3) is 0 Å². The van der Waals surface area contributed by atoms with Crippen LogP contribution in [0, 0.1) is 5.92 Å². The fraction of sp³-hybridized carbons (Fsp3) is 0.857. The number of carboxylic acids is 1. The first-order valence-electron chi connectivity index (χ1n) is 7.23. The van der Waals surface area contributed by atoms with Gasteiger partial charge in [0.2, 0.25) is 5.91 Å². The van der Waals surface area contributed by atoms with Crippen molar-refractivity contribution in [2.75, 3.05) is 13.2 Å². The minimum Gasteiger partial charge on any atom is -0.481 e. The number of hydrogen-bond acceptors (Lipinski definition) is 3. The summed E-state index contributed by atoms with van der Waals surface area (Å²) in [4.78, 5) is 23.3. The van der Waals surface area contributed by atoms with E-state index in [-0.39, 0.29) is 18.2 Å². The molecule has 0 bridgehead atoms. The molecule has 1 heterocycles. The second-order valence-electron chi connectivity index (χ2n) is 5.79. The molecule has 0 aromatic heterocycles. The summed E-state index contributed by atoms with van der Waals surface area (Å²) in [6, 6.07) is 0. The van der Waals surface area contributed by atoms with Crippen molar-refractivity contribution >= 4 is 11.9 Å². The number of aliphatic carboxylic acids is 1. The Kier molecular flexibility index (Phi) is 4.80. The van der Waals surface area contributed by atoms with Gasteiger partial charge in [-0.1, -0.05) is 19.3 Å². The monoisotopic (exact) mass is 269 g/mol. The summed E-state index contributed by atoms with van der Waals surface area (Å²) in [5.74, 6) is -0.740. The van der Waals surface area contributed by atoms with Crippen molar-refractivity contribution in [1.29, 1.82) is 0 Å². The lowest BCUT2D eigenvalue weighted by Crippen LogP contribution is -2.54. The van der Waals surface area contributed by atoms with Gasteiger partial charge in [0.15, 0.2) is 0 Å². The van der Waals surface area contributed by atoms with Crippen molar-refractivity contribution in [1.82, 2.24) is 5.32 Å². The van der Waals surface area contributed by atoms with Crippen LogP contribution in [0.2, 0.25) is 0 Å². The van der Waals surface area contributed by atoms with E-state index in [1.54, 1.807) is 0 Å². The molecule has 2 fully saturated rings. The van der Waals surface area contributed by atoms with E-state index >= 15 is 0 Å². The van der Waals surface area contributed by atoms with E-state index in [1.165, 1.54) is 6.42 Å². The first kappa shape index (κ1) is 14.3. The molecule has 2 rings (SSSR count). The standard InChI is InChI=1S/C14H23NO4/c16-12(17)10-14(6-8-19-9-7-14)15-13(18)11-4-2-1-3-5-11/h11H,1-10H2,(H,15,18)(H,16,17). The van der Waals surface area contributed by atoms with Crippen LogP contribution < -0.4 is 5.32 Å². The highest BCUT2D eigenvalue weighted by Crippen LogP contribution is 2.28. The molecule has 5 nitrogen and oxygen atoms in total. The van der Waals surface area contributed by atoms with E-state index in [2.05, 4.69) is 5.32 Å². The van der Waals surface area contributed by atoms with Crippen LogP contribution in [0.15, 0.2) is 0 Å². The molecule has 0 aromatic carbocycles. The largest absolute Gasteiger partial charge is 0.481 e. The Bertz CT molecular complexity index is 330. The van der Waals surface area contributed by atoms with Crippen LogP contribution in [-0.4, -0.2) is 35.7 Å². The normalized spacial score (nSPS) is 23.8. The maximum Gasteiger partial charge on any atom is 0.305 e. The van der Waals surface area contributed by atoms with Gasteiger partial charge >= 0.3 is 5.97 Å². The third-order valence-corrected chi connectivity index (χ3v) is 4.30. The van der Waals surface area contributed by atoms with Crippen molar-refractivity contribution in [3.63, 3.8) is 0 Å². The number of carbonyl (C=O) groups is 2. The third-order valence-electron chi connectivity index (χ3n) is 4.30. The molecule has 0 radical (unpaired) electrons. The summed E-state index contributed by atoms with van der Waals surface area (Å²) in [6.45, 7) is 1.05. The number of ether oxygens (including phenoxy) is 1. The molecule has 2 N–H and O–H groups in total. The molecule has 0 spiro atoms. The predicted octanol–water partition coefficient (Wildman–Crippen LogP) is 1.71. The maximum absolute atomic E-state index is 12.3. The van der Waals surface area contributed by atoms with Gasteiger partial charge in [-0.05, 0) is 25.7 Å². The Morgan fingerprint density at radius 2 is 1.79 bits per heavy atom. The number of hydrogen-bond donors (Lipinski definition) is 2. The zero-order valence-electron chi connectivity index (χ0n) is 11.3. The van der Waals surface area contributed by atoms with Crippen LogP contribution in [0.5, 0.6) is 0 Å². The fourth-order valence-electron chi connectivity index (χ4n) is 3.13. The van der Waals surface area contributed by atoms with Crippen molar-refractivity contribution in [3.8, 4) is 0 Å². The average molecular weight is 269 g/mol. The molecule has 2 aliphatic rings. The summed E-state index contributed by atoms with van der Waals surface area (Å²) in [7, 11) is 0. The van der Waals surface area contributed by atoms with E-state index in [4.69, 9.17) is 9.84 Å². The SMILES string of the molecule is O=C(O)CC1(NC(=O)C2CCCCC2)CCOCC1. The molecular weight excluding hydrogens is 246 g/mol. The molecule has 1 aliphatic heterocycles. The second kappa shape index (κ2) is 6.37. The van der Waals surface area contributed by atoms with Crippen LogP contribution in [0.3, 0.4) is 0 Å². The second-order valence-corrected chi connectivity index (χ2v) is 5.79. The summed E-state index contributed by atoms with van der Waals surface area (Å²) in [5.41, 5.74) is -0.599. The van der Waals surface area contributed by atoms with Gasteiger partial charge in [-0.3, -0.25) is 9.59 Å².